The average Bonchev–Trinajstić information content (AvgIpc) is 3.30. The molecule has 0 bridgehead atoms. The van der Waals surface area contributed by atoms with Crippen LogP contribution in [0.2, 0.25) is 0 Å². The Kier molecular flexibility index (Phi) is 3.31. The molecule has 134 valence electrons. The Morgan fingerprint density at radius 2 is 1.59 bits per heavy atom. The summed E-state index contributed by atoms with van der Waals surface area (Å²) in [4.78, 5) is 0. The highest BCUT2D eigenvalue weighted by molar-refractivity contribution is 6.10. The molecule has 0 aliphatic rings. The van der Waals surface area contributed by atoms with E-state index in [4.69, 9.17) is 0 Å². The SMILES string of the molecule is Cc1c(C)n(C)c2c1c1ccccc1n2-c1cn(-c2ccccc2)c[n+]1C. The summed E-state index contributed by atoms with van der Waals surface area (Å²) < 4.78 is 9.06. The molecule has 2 aromatic carbocycles. The first-order valence-corrected chi connectivity index (χ1v) is 9.26. The first kappa shape index (κ1) is 15.9. The quantitative estimate of drug-likeness (QED) is 0.419. The number of hydrogen-bond acceptors (Lipinski definition) is 0. The molecule has 0 unspecified atom stereocenters. The predicted octanol–water partition coefficient (Wildman–Crippen LogP) is 4.35. The van der Waals surface area contributed by atoms with E-state index in [-0.39, 0.29) is 0 Å². The van der Waals surface area contributed by atoms with Crippen LogP contribution in [0, 0.1) is 13.8 Å². The van der Waals surface area contributed by atoms with Crippen molar-refractivity contribution >= 4 is 21.9 Å². The van der Waals surface area contributed by atoms with Gasteiger partial charge in [0.1, 0.15) is 17.4 Å². The highest BCUT2D eigenvalue weighted by Gasteiger charge is 2.25. The van der Waals surface area contributed by atoms with Crippen LogP contribution in [-0.2, 0) is 14.1 Å². The minimum absolute atomic E-state index is 1.14. The van der Waals surface area contributed by atoms with Crippen molar-refractivity contribution in [1.82, 2.24) is 13.7 Å². The Bertz CT molecular complexity index is 1300. The Morgan fingerprint density at radius 3 is 2.37 bits per heavy atom. The number of benzene rings is 2. The van der Waals surface area contributed by atoms with Gasteiger partial charge >= 0.3 is 0 Å². The maximum atomic E-state index is 2.38. The number of rotatable bonds is 2. The Hall–Kier alpha value is -3.27. The van der Waals surface area contributed by atoms with Crippen molar-refractivity contribution in [3.63, 3.8) is 0 Å². The lowest BCUT2D eigenvalue weighted by Crippen LogP contribution is -2.30. The van der Waals surface area contributed by atoms with Crippen LogP contribution in [0.15, 0.2) is 67.1 Å². The molecule has 0 saturated carbocycles. The Morgan fingerprint density at radius 1 is 0.889 bits per heavy atom. The number of fused-ring (bicyclic) bond motifs is 3. The summed E-state index contributed by atoms with van der Waals surface area (Å²) in [7, 11) is 4.27. The molecule has 27 heavy (non-hydrogen) atoms. The van der Waals surface area contributed by atoms with Crippen LogP contribution >= 0.6 is 0 Å². The second-order valence-electron chi connectivity index (χ2n) is 7.28. The Labute approximate surface area is 158 Å². The molecule has 3 heterocycles. The van der Waals surface area contributed by atoms with E-state index in [2.05, 4.69) is 107 Å². The minimum Gasteiger partial charge on any atom is -0.321 e. The van der Waals surface area contributed by atoms with E-state index in [1.807, 2.05) is 6.07 Å². The summed E-state index contributed by atoms with van der Waals surface area (Å²) in [5.41, 5.74) is 6.30. The van der Waals surface area contributed by atoms with Gasteiger partial charge in [0.2, 0.25) is 0 Å². The van der Waals surface area contributed by atoms with E-state index in [9.17, 15) is 0 Å². The molecular formula is C23H23N4+. The van der Waals surface area contributed by atoms with Crippen LogP contribution in [-0.4, -0.2) is 13.7 Å². The average molecular weight is 355 g/mol. The zero-order valence-electron chi connectivity index (χ0n) is 16.1. The topological polar surface area (TPSA) is 18.7 Å². The van der Waals surface area contributed by atoms with Crippen molar-refractivity contribution in [2.75, 3.05) is 0 Å². The smallest absolute Gasteiger partial charge is 0.266 e. The fraction of sp³-hybridized carbons (Fsp3) is 0.174. The monoisotopic (exact) mass is 355 g/mol. The van der Waals surface area contributed by atoms with Gasteiger partial charge in [0.15, 0.2) is 12.0 Å². The predicted molar refractivity (Wildman–Crippen MR) is 110 cm³/mol. The van der Waals surface area contributed by atoms with Crippen molar-refractivity contribution in [2.45, 2.75) is 13.8 Å². The van der Waals surface area contributed by atoms with Gasteiger partial charge < -0.3 is 4.57 Å². The highest BCUT2D eigenvalue weighted by atomic mass is 15.2. The molecule has 5 aromatic rings. The maximum absolute atomic E-state index is 2.38. The molecule has 3 aromatic heterocycles. The van der Waals surface area contributed by atoms with Gasteiger partial charge in [-0.1, -0.05) is 36.4 Å². The van der Waals surface area contributed by atoms with Gasteiger partial charge in [-0.2, -0.15) is 0 Å². The van der Waals surface area contributed by atoms with Crippen molar-refractivity contribution in [1.29, 1.82) is 0 Å². The normalized spacial score (nSPS) is 11.7. The molecule has 0 atom stereocenters. The van der Waals surface area contributed by atoms with Gasteiger partial charge in [0, 0.05) is 23.5 Å². The summed E-state index contributed by atoms with van der Waals surface area (Å²) in [6, 6.07) is 19.1. The number of hydrogen-bond donors (Lipinski definition) is 0. The number of nitrogens with zero attached hydrogens (tertiary/aromatic N) is 4. The first-order valence-electron chi connectivity index (χ1n) is 9.26. The summed E-state index contributed by atoms with van der Waals surface area (Å²) in [5, 5.41) is 2.65. The van der Waals surface area contributed by atoms with Gasteiger partial charge in [0.25, 0.3) is 5.82 Å². The van der Waals surface area contributed by atoms with Gasteiger partial charge in [-0.05, 0) is 37.6 Å². The van der Waals surface area contributed by atoms with Crippen LogP contribution in [0.4, 0.5) is 0 Å². The van der Waals surface area contributed by atoms with Gasteiger partial charge in [0.05, 0.1) is 7.05 Å². The third kappa shape index (κ3) is 2.13. The van der Waals surface area contributed by atoms with Crippen molar-refractivity contribution < 1.29 is 4.57 Å². The molecule has 4 heteroatoms. The van der Waals surface area contributed by atoms with Crippen molar-refractivity contribution in [2.24, 2.45) is 14.1 Å². The minimum atomic E-state index is 1.14. The van der Waals surface area contributed by atoms with E-state index in [1.165, 1.54) is 33.2 Å². The van der Waals surface area contributed by atoms with Crippen LogP contribution in [0.5, 0.6) is 0 Å². The summed E-state index contributed by atoms with van der Waals surface area (Å²) in [6.45, 7) is 4.42. The standard InChI is InChI=1S/C23H23N4/c1-16-17(2)25(4)23-22(16)19-12-8-9-13-20(19)27(23)21-14-26(15-24(21)3)18-10-6-5-7-11-18/h5-15H,1-4H3/q+1. The summed E-state index contributed by atoms with van der Waals surface area (Å²) >= 11 is 0. The third-order valence-corrected chi connectivity index (χ3v) is 5.79. The molecule has 0 fully saturated rings. The fourth-order valence-electron chi connectivity index (χ4n) is 4.19. The number of imidazole rings is 1. The highest BCUT2D eigenvalue weighted by Crippen LogP contribution is 2.35. The summed E-state index contributed by atoms with van der Waals surface area (Å²) in [5.74, 6) is 1.14. The van der Waals surface area contributed by atoms with Crippen molar-refractivity contribution in [3.8, 4) is 11.5 Å². The zero-order valence-corrected chi connectivity index (χ0v) is 16.1. The van der Waals surface area contributed by atoms with E-state index in [0.717, 1.165) is 11.5 Å². The van der Waals surface area contributed by atoms with Gasteiger partial charge in [-0.15, -0.1) is 0 Å². The van der Waals surface area contributed by atoms with Crippen LogP contribution in [0.25, 0.3) is 33.4 Å². The van der Waals surface area contributed by atoms with E-state index < -0.39 is 0 Å². The lowest BCUT2D eigenvalue weighted by atomic mass is 10.1. The number of aromatic nitrogens is 4. The molecule has 0 amide bonds. The summed E-state index contributed by atoms with van der Waals surface area (Å²) in [6.07, 6.45) is 4.34. The Balaban J connectivity index is 1.88. The van der Waals surface area contributed by atoms with Gasteiger partial charge in [-0.3, -0.25) is 0 Å². The fourth-order valence-corrected chi connectivity index (χ4v) is 4.19. The molecule has 0 radical (unpaired) electrons. The molecule has 0 N–H and O–H groups in total. The van der Waals surface area contributed by atoms with Crippen LogP contribution in [0.1, 0.15) is 11.3 Å². The maximum Gasteiger partial charge on any atom is 0.266 e. The molecule has 0 aliphatic carbocycles. The lowest BCUT2D eigenvalue weighted by Gasteiger charge is -2.04. The molecule has 0 saturated heterocycles. The van der Waals surface area contributed by atoms with E-state index in [1.54, 1.807) is 0 Å². The molecule has 0 spiro atoms. The third-order valence-electron chi connectivity index (χ3n) is 5.79. The zero-order chi connectivity index (χ0) is 18.7. The molecular weight excluding hydrogens is 332 g/mol. The second-order valence-corrected chi connectivity index (χ2v) is 7.28. The second kappa shape index (κ2) is 5.61. The van der Waals surface area contributed by atoms with E-state index in [0.29, 0.717) is 0 Å². The van der Waals surface area contributed by atoms with Crippen LogP contribution in [0.3, 0.4) is 0 Å². The molecule has 5 rings (SSSR count). The first-order chi connectivity index (χ1) is 13.1. The van der Waals surface area contributed by atoms with Crippen LogP contribution < -0.4 is 4.57 Å². The van der Waals surface area contributed by atoms with Gasteiger partial charge in [-0.25, -0.2) is 13.7 Å². The lowest BCUT2D eigenvalue weighted by molar-refractivity contribution is -0.664. The molecule has 4 nitrogen and oxygen atoms in total. The number of para-hydroxylation sites is 2. The van der Waals surface area contributed by atoms with E-state index >= 15 is 0 Å². The molecule has 0 aliphatic heterocycles. The van der Waals surface area contributed by atoms with Crippen molar-refractivity contribution in [3.05, 3.63) is 78.4 Å². The largest absolute Gasteiger partial charge is 0.321 e. The number of aryl methyl sites for hydroxylation is 3.